The first kappa shape index (κ1) is 16.8. The first-order valence-electron chi connectivity index (χ1n) is 8.97. The maximum atomic E-state index is 12.6. The smallest absolute Gasteiger partial charge is 0.341 e. The second kappa shape index (κ2) is 6.46. The maximum Gasteiger partial charge on any atom is 0.341 e. The first-order valence-corrected chi connectivity index (χ1v) is 9.79. The lowest BCUT2D eigenvalue weighted by atomic mass is 9.72. The topological polar surface area (TPSA) is 52.3 Å². The highest BCUT2D eigenvalue weighted by atomic mass is 32.1. The normalized spacial score (nSPS) is 22.7. The number of esters is 1. The van der Waals surface area contributed by atoms with Crippen LogP contribution in [0.25, 0.3) is 0 Å². The molecule has 0 saturated heterocycles. The highest BCUT2D eigenvalue weighted by Crippen LogP contribution is 2.43. The van der Waals surface area contributed by atoms with Crippen LogP contribution in [-0.2, 0) is 17.6 Å². The Morgan fingerprint density at radius 1 is 1.17 bits per heavy atom. The molecular weight excluding hydrogens is 306 g/mol. The summed E-state index contributed by atoms with van der Waals surface area (Å²) in [7, 11) is 0. The summed E-state index contributed by atoms with van der Waals surface area (Å²) in [5.74, 6) is 0.483. The number of nitrogen functional groups attached to an aromatic ring is 1. The Hall–Kier alpha value is -1.03. The third kappa shape index (κ3) is 3.57. The minimum Gasteiger partial charge on any atom is -0.459 e. The van der Waals surface area contributed by atoms with Crippen molar-refractivity contribution in [3.05, 3.63) is 16.0 Å². The number of fused-ring (bicyclic) bond motifs is 1. The number of nitrogens with two attached hydrogens (primary N) is 1. The van der Waals surface area contributed by atoms with Gasteiger partial charge in [0.15, 0.2) is 0 Å². The van der Waals surface area contributed by atoms with Crippen LogP contribution in [0.1, 0.15) is 80.1 Å². The van der Waals surface area contributed by atoms with E-state index in [1.807, 2.05) is 0 Å². The zero-order valence-electron chi connectivity index (χ0n) is 14.6. The SMILES string of the molecule is CC(C)(C)C1CCc2c(sc(N)c2C(=O)OC2CCCCC2)C1. The van der Waals surface area contributed by atoms with Gasteiger partial charge in [0.05, 0.1) is 5.56 Å². The van der Waals surface area contributed by atoms with Crippen molar-refractivity contribution < 1.29 is 9.53 Å². The van der Waals surface area contributed by atoms with Crippen LogP contribution in [0.5, 0.6) is 0 Å². The molecule has 2 aliphatic carbocycles. The lowest BCUT2D eigenvalue weighted by molar-refractivity contribution is 0.0211. The van der Waals surface area contributed by atoms with Gasteiger partial charge in [0.1, 0.15) is 11.1 Å². The molecule has 1 atom stereocenters. The van der Waals surface area contributed by atoms with E-state index in [-0.39, 0.29) is 12.1 Å². The fourth-order valence-electron chi connectivity index (χ4n) is 3.96. The summed E-state index contributed by atoms with van der Waals surface area (Å²) in [5.41, 5.74) is 8.36. The molecule has 0 aromatic carbocycles. The number of ether oxygens (including phenoxy) is 1. The molecule has 2 aliphatic rings. The number of thiophene rings is 1. The van der Waals surface area contributed by atoms with Crippen molar-refractivity contribution in [2.45, 2.75) is 78.2 Å². The lowest BCUT2D eigenvalue weighted by Gasteiger charge is -2.34. The van der Waals surface area contributed by atoms with Gasteiger partial charge in [0.25, 0.3) is 0 Å². The minimum atomic E-state index is -0.180. The molecule has 0 aliphatic heterocycles. The van der Waals surface area contributed by atoms with E-state index in [2.05, 4.69) is 20.8 Å². The van der Waals surface area contributed by atoms with Crippen molar-refractivity contribution in [2.24, 2.45) is 11.3 Å². The molecule has 3 nitrogen and oxygen atoms in total. The molecule has 4 heteroatoms. The number of rotatable bonds is 2. The van der Waals surface area contributed by atoms with Crippen molar-refractivity contribution in [1.82, 2.24) is 0 Å². The van der Waals surface area contributed by atoms with Crippen LogP contribution in [0.4, 0.5) is 5.00 Å². The highest BCUT2D eigenvalue weighted by molar-refractivity contribution is 7.16. The molecule has 1 saturated carbocycles. The fourth-order valence-corrected chi connectivity index (χ4v) is 5.15. The highest BCUT2D eigenvalue weighted by Gasteiger charge is 2.34. The van der Waals surface area contributed by atoms with Gasteiger partial charge in [-0.1, -0.05) is 27.2 Å². The summed E-state index contributed by atoms with van der Waals surface area (Å²) < 4.78 is 5.76. The Morgan fingerprint density at radius 3 is 2.52 bits per heavy atom. The molecule has 23 heavy (non-hydrogen) atoms. The van der Waals surface area contributed by atoms with Gasteiger partial charge in [-0.05, 0) is 61.8 Å². The van der Waals surface area contributed by atoms with E-state index >= 15 is 0 Å². The van der Waals surface area contributed by atoms with E-state index in [0.717, 1.165) is 32.1 Å². The minimum absolute atomic E-state index is 0.0946. The molecule has 128 valence electrons. The van der Waals surface area contributed by atoms with Crippen LogP contribution in [-0.4, -0.2) is 12.1 Å². The van der Waals surface area contributed by atoms with Crippen molar-refractivity contribution in [1.29, 1.82) is 0 Å². The zero-order chi connectivity index (χ0) is 16.6. The van der Waals surface area contributed by atoms with Crippen molar-refractivity contribution in [2.75, 3.05) is 5.73 Å². The molecule has 0 spiro atoms. The van der Waals surface area contributed by atoms with Gasteiger partial charge in [-0.3, -0.25) is 0 Å². The second-order valence-corrected chi connectivity index (χ2v) is 9.35. The summed E-state index contributed by atoms with van der Waals surface area (Å²) in [4.78, 5) is 14.0. The third-order valence-electron chi connectivity index (χ3n) is 5.55. The molecular formula is C19H29NO2S. The van der Waals surface area contributed by atoms with E-state index in [1.165, 1.54) is 29.7 Å². The predicted molar refractivity (Wildman–Crippen MR) is 96.0 cm³/mol. The predicted octanol–water partition coefficient (Wildman–Crippen LogP) is 4.97. The summed E-state index contributed by atoms with van der Waals surface area (Å²) in [6, 6.07) is 0. The van der Waals surface area contributed by atoms with Gasteiger partial charge in [0, 0.05) is 4.88 Å². The Balaban J connectivity index is 1.76. The van der Waals surface area contributed by atoms with Crippen LogP contribution < -0.4 is 5.73 Å². The summed E-state index contributed by atoms with van der Waals surface area (Å²) in [6.07, 6.45) is 8.84. The molecule has 1 fully saturated rings. The summed E-state index contributed by atoms with van der Waals surface area (Å²) in [6.45, 7) is 6.91. The average Bonchev–Trinajstić information content (AvgIpc) is 2.82. The van der Waals surface area contributed by atoms with Gasteiger partial charge in [0.2, 0.25) is 0 Å². The van der Waals surface area contributed by atoms with Crippen LogP contribution in [0.2, 0.25) is 0 Å². The van der Waals surface area contributed by atoms with Crippen LogP contribution >= 0.6 is 11.3 Å². The van der Waals surface area contributed by atoms with Gasteiger partial charge >= 0.3 is 5.97 Å². The Morgan fingerprint density at radius 2 is 1.87 bits per heavy atom. The van der Waals surface area contributed by atoms with Gasteiger partial charge in [-0.2, -0.15) is 0 Å². The Kier molecular flexibility index (Phi) is 4.73. The number of hydrogen-bond acceptors (Lipinski definition) is 4. The van der Waals surface area contributed by atoms with Crippen LogP contribution in [0, 0.1) is 11.3 Å². The van der Waals surface area contributed by atoms with E-state index < -0.39 is 0 Å². The molecule has 0 amide bonds. The van der Waals surface area contributed by atoms with Crippen LogP contribution in [0.3, 0.4) is 0 Å². The van der Waals surface area contributed by atoms with Crippen LogP contribution in [0.15, 0.2) is 0 Å². The molecule has 0 bridgehead atoms. The van der Waals surface area contributed by atoms with Gasteiger partial charge in [-0.25, -0.2) is 4.79 Å². The van der Waals surface area contributed by atoms with E-state index in [4.69, 9.17) is 10.5 Å². The monoisotopic (exact) mass is 335 g/mol. The quantitative estimate of drug-likeness (QED) is 0.776. The summed E-state index contributed by atoms with van der Waals surface area (Å²) >= 11 is 1.60. The number of carbonyl (C=O) groups excluding carboxylic acids is 1. The molecule has 3 rings (SSSR count). The van der Waals surface area contributed by atoms with E-state index in [0.29, 0.717) is 21.9 Å². The molecule has 0 radical (unpaired) electrons. The lowest BCUT2D eigenvalue weighted by Crippen LogP contribution is -2.27. The number of hydrogen-bond donors (Lipinski definition) is 1. The Bertz CT molecular complexity index is 579. The molecule has 1 heterocycles. The van der Waals surface area contributed by atoms with Crippen molar-refractivity contribution in [3.63, 3.8) is 0 Å². The second-order valence-electron chi connectivity index (χ2n) is 8.21. The van der Waals surface area contributed by atoms with Crippen molar-refractivity contribution >= 4 is 22.3 Å². The largest absolute Gasteiger partial charge is 0.459 e. The Labute approximate surface area is 143 Å². The zero-order valence-corrected chi connectivity index (χ0v) is 15.4. The molecule has 1 aromatic heterocycles. The van der Waals surface area contributed by atoms with Gasteiger partial charge < -0.3 is 10.5 Å². The fraction of sp³-hybridized carbons (Fsp3) is 0.737. The molecule has 1 aromatic rings. The summed E-state index contributed by atoms with van der Waals surface area (Å²) in [5, 5.41) is 0.658. The van der Waals surface area contributed by atoms with Gasteiger partial charge in [-0.15, -0.1) is 11.3 Å². The number of anilines is 1. The molecule has 2 N–H and O–H groups in total. The number of carbonyl (C=O) groups is 1. The first-order chi connectivity index (χ1) is 10.9. The van der Waals surface area contributed by atoms with E-state index in [1.54, 1.807) is 11.3 Å². The molecule has 1 unspecified atom stereocenters. The standard InChI is InChI=1S/C19H29NO2S/c1-19(2,3)12-9-10-14-15(11-12)23-17(20)16(14)18(21)22-13-7-5-4-6-8-13/h12-13H,4-11,20H2,1-3H3. The van der Waals surface area contributed by atoms with E-state index in [9.17, 15) is 4.79 Å². The maximum absolute atomic E-state index is 12.6. The average molecular weight is 336 g/mol. The third-order valence-corrected chi connectivity index (χ3v) is 6.63. The van der Waals surface area contributed by atoms with Crippen molar-refractivity contribution in [3.8, 4) is 0 Å².